The summed E-state index contributed by atoms with van der Waals surface area (Å²) >= 11 is 6.21. The lowest BCUT2D eigenvalue weighted by Crippen LogP contribution is -2.19. The van der Waals surface area contributed by atoms with Crippen molar-refractivity contribution in [2.45, 2.75) is 47.1 Å². The van der Waals surface area contributed by atoms with E-state index in [1.165, 1.54) is 0 Å². The van der Waals surface area contributed by atoms with Gasteiger partial charge in [0.15, 0.2) is 0 Å². The number of ether oxygens (including phenoxy) is 1. The third kappa shape index (κ3) is 4.18. The summed E-state index contributed by atoms with van der Waals surface area (Å²) in [6.07, 6.45) is 0.929. The zero-order valence-electron chi connectivity index (χ0n) is 12.0. The van der Waals surface area contributed by atoms with Gasteiger partial charge in [-0.3, -0.25) is 0 Å². The van der Waals surface area contributed by atoms with Gasteiger partial charge in [-0.05, 0) is 48.9 Å². The van der Waals surface area contributed by atoms with E-state index in [-0.39, 0.29) is 11.5 Å². The molecule has 1 rings (SSSR count). The van der Waals surface area contributed by atoms with Gasteiger partial charge in [-0.25, -0.2) is 0 Å². The standard InChI is InChI=1S/C15H24ClNO/c1-6-18-14-7-10(2)11(8-12(14)16)13(17)9-15(3,4)5/h7-8,13H,6,9,17H2,1-5H3. The van der Waals surface area contributed by atoms with Crippen molar-refractivity contribution in [3.05, 3.63) is 28.3 Å². The smallest absolute Gasteiger partial charge is 0.138 e. The molecule has 0 fully saturated rings. The van der Waals surface area contributed by atoms with Crippen LogP contribution >= 0.6 is 11.6 Å². The zero-order chi connectivity index (χ0) is 13.9. The van der Waals surface area contributed by atoms with Crippen LogP contribution in [0, 0.1) is 12.3 Å². The van der Waals surface area contributed by atoms with E-state index in [1.807, 2.05) is 19.1 Å². The molecule has 0 amide bonds. The molecule has 18 heavy (non-hydrogen) atoms. The van der Waals surface area contributed by atoms with Crippen molar-refractivity contribution >= 4 is 11.6 Å². The Balaban J connectivity index is 3.00. The minimum Gasteiger partial charge on any atom is -0.492 e. The molecule has 0 saturated heterocycles. The molecule has 0 aliphatic rings. The number of halogens is 1. The Kier molecular flexibility index (Phi) is 5.06. The average molecular weight is 270 g/mol. The van der Waals surface area contributed by atoms with E-state index >= 15 is 0 Å². The zero-order valence-corrected chi connectivity index (χ0v) is 12.8. The van der Waals surface area contributed by atoms with Crippen LogP contribution < -0.4 is 10.5 Å². The van der Waals surface area contributed by atoms with Crippen molar-refractivity contribution in [2.24, 2.45) is 11.1 Å². The molecule has 102 valence electrons. The molecule has 0 aromatic heterocycles. The highest BCUT2D eigenvalue weighted by Gasteiger charge is 2.19. The first-order valence-electron chi connectivity index (χ1n) is 6.43. The van der Waals surface area contributed by atoms with E-state index in [9.17, 15) is 0 Å². The molecule has 1 atom stereocenters. The molecule has 0 spiro atoms. The van der Waals surface area contributed by atoms with Gasteiger partial charge in [0.05, 0.1) is 11.6 Å². The van der Waals surface area contributed by atoms with Gasteiger partial charge in [-0.1, -0.05) is 32.4 Å². The number of aryl methyl sites for hydroxylation is 1. The molecule has 0 bridgehead atoms. The Hall–Kier alpha value is -0.730. The summed E-state index contributed by atoms with van der Waals surface area (Å²) < 4.78 is 5.48. The quantitative estimate of drug-likeness (QED) is 0.874. The second-order valence-electron chi connectivity index (χ2n) is 5.94. The highest BCUT2D eigenvalue weighted by Crippen LogP contribution is 2.34. The third-order valence-electron chi connectivity index (χ3n) is 2.85. The number of rotatable bonds is 4. The van der Waals surface area contributed by atoms with E-state index in [4.69, 9.17) is 22.1 Å². The molecule has 0 radical (unpaired) electrons. The highest BCUT2D eigenvalue weighted by atomic mass is 35.5. The maximum Gasteiger partial charge on any atom is 0.138 e. The topological polar surface area (TPSA) is 35.2 Å². The summed E-state index contributed by atoms with van der Waals surface area (Å²) in [4.78, 5) is 0. The van der Waals surface area contributed by atoms with E-state index in [2.05, 4.69) is 27.7 Å². The molecule has 0 saturated carbocycles. The molecule has 1 unspecified atom stereocenters. The first-order valence-corrected chi connectivity index (χ1v) is 6.81. The predicted octanol–water partition coefficient (Wildman–Crippen LogP) is 4.48. The molecule has 3 heteroatoms. The molecule has 1 aromatic rings. The number of nitrogens with two attached hydrogens (primary N) is 1. The first-order chi connectivity index (χ1) is 8.24. The minimum absolute atomic E-state index is 0.0122. The normalized spacial score (nSPS) is 13.5. The van der Waals surface area contributed by atoms with Crippen molar-refractivity contribution in [2.75, 3.05) is 6.61 Å². The second kappa shape index (κ2) is 5.94. The van der Waals surface area contributed by atoms with Gasteiger partial charge in [0.1, 0.15) is 5.75 Å². The highest BCUT2D eigenvalue weighted by molar-refractivity contribution is 6.32. The van der Waals surface area contributed by atoms with Crippen LogP contribution in [0.4, 0.5) is 0 Å². The van der Waals surface area contributed by atoms with Gasteiger partial charge in [-0.2, -0.15) is 0 Å². The Labute approximate surface area is 115 Å². The largest absolute Gasteiger partial charge is 0.492 e. The van der Waals surface area contributed by atoms with Gasteiger partial charge in [0.2, 0.25) is 0 Å². The lowest BCUT2D eigenvalue weighted by Gasteiger charge is -2.25. The first kappa shape index (κ1) is 15.3. The number of hydrogen-bond donors (Lipinski definition) is 1. The maximum atomic E-state index is 6.28. The monoisotopic (exact) mass is 269 g/mol. The van der Waals surface area contributed by atoms with Crippen LogP contribution in [0.1, 0.15) is 51.3 Å². The second-order valence-corrected chi connectivity index (χ2v) is 6.35. The Morgan fingerprint density at radius 1 is 1.33 bits per heavy atom. The molecule has 1 aromatic carbocycles. The van der Waals surface area contributed by atoms with Crippen LogP contribution in [-0.2, 0) is 0 Å². The lowest BCUT2D eigenvalue weighted by atomic mass is 9.85. The van der Waals surface area contributed by atoms with Crippen LogP contribution in [0.15, 0.2) is 12.1 Å². The maximum absolute atomic E-state index is 6.28. The fourth-order valence-electron chi connectivity index (χ4n) is 2.11. The van der Waals surface area contributed by atoms with Crippen LogP contribution in [0.2, 0.25) is 5.02 Å². The van der Waals surface area contributed by atoms with Crippen LogP contribution in [0.25, 0.3) is 0 Å². The van der Waals surface area contributed by atoms with E-state index < -0.39 is 0 Å². The minimum atomic E-state index is 0.0122. The lowest BCUT2D eigenvalue weighted by molar-refractivity contribution is 0.337. The summed E-state index contributed by atoms with van der Waals surface area (Å²) in [5.74, 6) is 0.739. The third-order valence-corrected chi connectivity index (χ3v) is 3.15. The summed E-state index contributed by atoms with van der Waals surface area (Å²) in [5, 5.41) is 0.641. The van der Waals surface area contributed by atoms with Crippen molar-refractivity contribution in [3.63, 3.8) is 0 Å². The number of hydrogen-bond acceptors (Lipinski definition) is 2. The van der Waals surface area contributed by atoms with Crippen LogP contribution in [0.5, 0.6) is 5.75 Å². The Morgan fingerprint density at radius 2 is 1.94 bits per heavy atom. The molecular formula is C15H24ClNO. The molecule has 2 N–H and O–H groups in total. The Bertz CT molecular complexity index is 410. The van der Waals surface area contributed by atoms with Crippen molar-refractivity contribution < 1.29 is 4.74 Å². The summed E-state index contributed by atoms with van der Waals surface area (Å²) in [7, 11) is 0. The van der Waals surface area contributed by atoms with Gasteiger partial charge in [0, 0.05) is 6.04 Å². The molecular weight excluding hydrogens is 246 g/mol. The SMILES string of the molecule is CCOc1cc(C)c(C(N)CC(C)(C)C)cc1Cl. The summed E-state index contributed by atoms with van der Waals surface area (Å²) in [6, 6.07) is 3.93. The molecule has 0 aliphatic carbocycles. The fraction of sp³-hybridized carbons (Fsp3) is 0.600. The molecule has 2 nitrogen and oxygen atoms in total. The summed E-state index contributed by atoms with van der Waals surface area (Å²) in [6.45, 7) is 11.2. The van der Waals surface area contributed by atoms with E-state index in [0.29, 0.717) is 11.6 Å². The predicted molar refractivity (Wildman–Crippen MR) is 78.4 cm³/mol. The van der Waals surface area contributed by atoms with Crippen LogP contribution in [-0.4, -0.2) is 6.61 Å². The van der Waals surface area contributed by atoms with Crippen molar-refractivity contribution in [1.82, 2.24) is 0 Å². The molecule has 0 heterocycles. The Morgan fingerprint density at radius 3 is 2.44 bits per heavy atom. The molecule has 0 aliphatic heterocycles. The van der Waals surface area contributed by atoms with Crippen molar-refractivity contribution in [1.29, 1.82) is 0 Å². The average Bonchev–Trinajstić information content (AvgIpc) is 2.20. The van der Waals surface area contributed by atoms with E-state index in [0.717, 1.165) is 23.3 Å². The van der Waals surface area contributed by atoms with Crippen molar-refractivity contribution in [3.8, 4) is 5.75 Å². The number of benzene rings is 1. The van der Waals surface area contributed by atoms with Gasteiger partial charge < -0.3 is 10.5 Å². The summed E-state index contributed by atoms with van der Waals surface area (Å²) in [5.41, 5.74) is 8.73. The van der Waals surface area contributed by atoms with Gasteiger partial charge in [-0.15, -0.1) is 0 Å². The van der Waals surface area contributed by atoms with Crippen LogP contribution in [0.3, 0.4) is 0 Å². The van der Waals surface area contributed by atoms with E-state index in [1.54, 1.807) is 0 Å². The fourth-order valence-corrected chi connectivity index (χ4v) is 2.33. The van der Waals surface area contributed by atoms with Gasteiger partial charge >= 0.3 is 0 Å². The van der Waals surface area contributed by atoms with Gasteiger partial charge in [0.25, 0.3) is 0 Å².